The summed E-state index contributed by atoms with van der Waals surface area (Å²) in [6, 6.07) is 18.0. The Bertz CT molecular complexity index is 552. The smallest absolute Gasteiger partial charge is 0.161 e. The average Bonchev–Trinajstić information content (AvgIpc) is 2.62. The van der Waals surface area contributed by atoms with E-state index in [2.05, 4.69) is 12.1 Å². The van der Waals surface area contributed by atoms with Crippen molar-refractivity contribution in [1.29, 1.82) is 0 Å². The van der Waals surface area contributed by atoms with Crippen LogP contribution >= 0.6 is 0 Å². The van der Waals surface area contributed by atoms with Gasteiger partial charge in [-0.15, -0.1) is 0 Å². The molecule has 2 aromatic rings. The predicted octanol–water partition coefficient (Wildman–Crippen LogP) is 3.27. The normalized spacial score (nSPS) is 17.6. The molecule has 122 valence electrons. The van der Waals surface area contributed by atoms with Crippen molar-refractivity contribution in [1.82, 2.24) is 0 Å². The van der Waals surface area contributed by atoms with Crippen LogP contribution < -0.4 is 9.47 Å². The van der Waals surface area contributed by atoms with E-state index in [9.17, 15) is 0 Å². The van der Waals surface area contributed by atoms with E-state index in [0.29, 0.717) is 39.6 Å². The van der Waals surface area contributed by atoms with Gasteiger partial charge in [-0.3, -0.25) is 0 Å². The van der Waals surface area contributed by atoms with Gasteiger partial charge < -0.3 is 18.9 Å². The van der Waals surface area contributed by atoms with E-state index in [1.165, 1.54) is 5.56 Å². The fraction of sp³-hybridized carbons (Fsp3) is 0.368. The Morgan fingerprint density at radius 3 is 1.70 bits per heavy atom. The van der Waals surface area contributed by atoms with E-state index in [1.54, 1.807) is 0 Å². The predicted molar refractivity (Wildman–Crippen MR) is 88.3 cm³/mol. The molecule has 0 amide bonds. The van der Waals surface area contributed by atoms with Crippen LogP contribution in [0.1, 0.15) is 11.5 Å². The van der Waals surface area contributed by atoms with E-state index >= 15 is 0 Å². The molecule has 0 unspecified atom stereocenters. The summed E-state index contributed by atoms with van der Waals surface area (Å²) >= 11 is 0. The molecule has 0 spiro atoms. The third kappa shape index (κ3) is 4.71. The molecular formula is C19H22O4. The van der Waals surface area contributed by atoms with Crippen molar-refractivity contribution < 1.29 is 18.9 Å². The second kappa shape index (κ2) is 8.56. The minimum Gasteiger partial charge on any atom is -0.487 e. The zero-order chi connectivity index (χ0) is 15.7. The summed E-state index contributed by atoms with van der Waals surface area (Å²) in [5.74, 6) is 1.71. The minimum atomic E-state index is 0.222. The lowest BCUT2D eigenvalue weighted by Crippen LogP contribution is -2.18. The molecule has 1 aliphatic heterocycles. The maximum absolute atomic E-state index is 5.78. The largest absolute Gasteiger partial charge is 0.487 e. The van der Waals surface area contributed by atoms with Crippen LogP contribution in [0.25, 0.3) is 0 Å². The summed E-state index contributed by atoms with van der Waals surface area (Å²) in [5.41, 5.74) is 1.23. The highest BCUT2D eigenvalue weighted by molar-refractivity contribution is 5.39. The highest BCUT2D eigenvalue weighted by atomic mass is 16.6. The number of rotatable bonds is 1. The first-order chi connectivity index (χ1) is 11.4. The molecule has 1 aliphatic rings. The van der Waals surface area contributed by atoms with Gasteiger partial charge in [-0.05, 0) is 17.7 Å². The van der Waals surface area contributed by atoms with Gasteiger partial charge in [0, 0.05) is 5.92 Å². The zero-order valence-corrected chi connectivity index (χ0v) is 13.1. The van der Waals surface area contributed by atoms with Crippen LogP contribution in [0, 0.1) is 0 Å². The van der Waals surface area contributed by atoms with Gasteiger partial charge >= 0.3 is 0 Å². The Kier molecular flexibility index (Phi) is 5.89. The summed E-state index contributed by atoms with van der Waals surface area (Å²) in [5, 5.41) is 0. The summed E-state index contributed by atoms with van der Waals surface area (Å²) in [4.78, 5) is 0. The topological polar surface area (TPSA) is 36.9 Å². The van der Waals surface area contributed by atoms with Gasteiger partial charge in [0.2, 0.25) is 0 Å². The number of benzene rings is 2. The molecule has 0 saturated heterocycles. The van der Waals surface area contributed by atoms with Crippen molar-refractivity contribution in [2.75, 3.05) is 39.6 Å². The van der Waals surface area contributed by atoms with Gasteiger partial charge in [0.1, 0.15) is 13.2 Å². The Hall–Kier alpha value is -2.04. The van der Waals surface area contributed by atoms with Crippen molar-refractivity contribution in [2.45, 2.75) is 5.92 Å². The molecule has 0 atom stereocenters. The molecule has 2 aromatic carbocycles. The second-order valence-corrected chi connectivity index (χ2v) is 5.40. The third-order valence-electron chi connectivity index (χ3n) is 3.73. The van der Waals surface area contributed by atoms with E-state index in [4.69, 9.17) is 18.9 Å². The number of fused-ring (bicyclic) bond motifs is 1. The highest BCUT2D eigenvalue weighted by Gasteiger charge is 2.13. The van der Waals surface area contributed by atoms with Crippen LogP contribution in [0.4, 0.5) is 0 Å². The number of para-hydroxylation sites is 2. The Balaban J connectivity index is 1.63. The number of hydrogen-bond acceptors (Lipinski definition) is 4. The fourth-order valence-corrected chi connectivity index (χ4v) is 2.53. The van der Waals surface area contributed by atoms with Gasteiger partial charge in [-0.25, -0.2) is 0 Å². The van der Waals surface area contributed by atoms with Crippen LogP contribution in [0.2, 0.25) is 0 Å². The first-order valence-electron chi connectivity index (χ1n) is 7.98. The molecule has 0 radical (unpaired) electrons. The van der Waals surface area contributed by atoms with Crippen LogP contribution in [-0.4, -0.2) is 39.6 Å². The molecular weight excluding hydrogens is 292 g/mol. The second-order valence-electron chi connectivity index (χ2n) is 5.40. The van der Waals surface area contributed by atoms with Crippen LogP contribution in [0.5, 0.6) is 11.5 Å². The van der Waals surface area contributed by atoms with Gasteiger partial charge in [-0.1, -0.05) is 42.5 Å². The van der Waals surface area contributed by atoms with Crippen molar-refractivity contribution in [3.8, 4) is 11.5 Å². The molecule has 0 N–H and O–H groups in total. The minimum absolute atomic E-state index is 0.222. The van der Waals surface area contributed by atoms with E-state index in [1.807, 2.05) is 42.5 Å². The lowest BCUT2D eigenvalue weighted by atomic mass is 10.0. The molecule has 1 heterocycles. The summed E-state index contributed by atoms with van der Waals surface area (Å²) < 4.78 is 23.1. The average molecular weight is 314 g/mol. The number of hydrogen-bond donors (Lipinski definition) is 0. The van der Waals surface area contributed by atoms with Crippen LogP contribution in [-0.2, 0) is 9.47 Å². The third-order valence-corrected chi connectivity index (χ3v) is 3.73. The maximum atomic E-state index is 5.78. The first-order valence-corrected chi connectivity index (χ1v) is 7.98. The molecule has 0 saturated carbocycles. The summed E-state index contributed by atoms with van der Waals surface area (Å²) in [6.45, 7) is 3.33. The molecule has 0 bridgehead atoms. The molecule has 4 heteroatoms. The fourth-order valence-electron chi connectivity index (χ4n) is 2.53. The lowest BCUT2D eigenvalue weighted by Gasteiger charge is -2.17. The highest BCUT2D eigenvalue weighted by Crippen LogP contribution is 2.26. The first kappa shape index (κ1) is 15.8. The summed E-state index contributed by atoms with van der Waals surface area (Å²) in [6.07, 6.45) is 0. The van der Waals surface area contributed by atoms with Crippen molar-refractivity contribution in [3.05, 3.63) is 60.2 Å². The van der Waals surface area contributed by atoms with Crippen molar-refractivity contribution >= 4 is 0 Å². The van der Waals surface area contributed by atoms with Gasteiger partial charge in [0.05, 0.1) is 26.4 Å². The summed E-state index contributed by atoms with van der Waals surface area (Å²) in [7, 11) is 0. The molecule has 0 aliphatic carbocycles. The lowest BCUT2D eigenvalue weighted by molar-refractivity contribution is 0.0488. The molecule has 23 heavy (non-hydrogen) atoms. The SMILES string of the molecule is c1ccc(C2COCCOc3ccccc3OCCOC2)cc1. The van der Waals surface area contributed by atoms with Gasteiger partial charge in [-0.2, -0.15) is 0 Å². The van der Waals surface area contributed by atoms with Crippen molar-refractivity contribution in [3.63, 3.8) is 0 Å². The Labute approximate surface area is 136 Å². The molecule has 0 fully saturated rings. The van der Waals surface area contributed by atoms with Crippen molar-refractivity contribution in [2.24, 2.45) is 0 Å². The van der Waals surface area contributed by atoms with Gasteiger partial charge in [0.15, 0.2) is 11.5 Å². The van der Waals surface area contributed by atoms with E-state index in [0.717, 1.165) is 11.5 Å². The van der Waals surface area contributed by atoms with Crippen LogP contribution in [0.3, 0.4) is 0 Å². The van der Waals surface area contributed by atoms with Gasteiger partial charge in [0.25, 0.3) is 0 Å². The molecule has 4 nitrogen and oxygen atoms in total. The maximum Gasteiger partial charge on any atom is 0.161 e. The molecule has 3 rings (SSSR count). The van der Waals surface area contributed by atoms with E-state index in [-0.39, 0.29) is 5.92 Å². The van der Waals surface area contributed by atoms with E-state index < -0.39 is 0 Å². The number of ether oxygens (including phenoxy) is 4. The Morgan fingerprint density at radius 2 is 1.13 bits per heavy atom. The molecule has 0 aromatic heterocycles. The van der Waals surface area contributed by atoms with Crippen LogP contribution in [0.15, 0.2) is 54.6 Å². The quantitative estimate of drug-likeness (QED) is 0.809. The zero-order valence-electron chi connectivity index (χ0n) is 13.1. The monoisotopic (exact) mass is 314 g/mol. The standard InChI is InChI=1S/C19H22O4/c1-2-6-16(7-3-1)17-14-20-10-12-22-18-8-4-5-9-19(18)23-13-11-21-15-17/h1-9,17H,10-15H2. The Morgan fingerprint density at radius 1 is 0.609 bits per heavy atom.